The van der Waals surface area contributed by atoms with Crippen LogP contribution in [-0.2, 0) is 7.05 Å². The van der Waals surface area contributed by atoms with E-state index in [1.807, 2.05) is 25.4 Å². The van der Waals surface area contributed by atoms with E-state index >= 15 is 0 Å². The van der Waals surface area contributed by atoms with Crippen molar-refractivity contribution in [3.63, 3.8) is 0 Å². The summed E-state index contributed by atoms with van der Waals surface area (Å²) in [6.07, 6.45) is 3.80. The second-order valence-corrected chi connectivity index (χ2v) is 4.48. The molecule has 1 aromatic carbocycles. The molecule has 90 valence electrons. The molecule has 0 aliphatic heterocycles. The molecule has 2 rings (SSSR count). The summed E-state index contributed by atoms with van der Waals surface area (Å²) in [5, 5.41) is 4.14. The maximum Gasteiger partial charge on any atom is 0.132 e. The summed E-state index contributed by atoms with van der Waals surface area (Å²) < 4.78 is 6.95. The van der Waals surface area contributed by atoms with Crippen molar-refractivity contribution in [1.82, 2.24) is 9.78 Å². The van der Waals surface area contributed by atoms with Gasteiger partial charge in [-0.1, -0.05) is 6.07 Å². The molecule has 0 radical (unpaired) electrons. The first-order valence-corrected chi connectivity index (χ1v) is 6.39. The molecule has 0 bridgehead atoms. The number of anilines is 1. The van der Waals surface area contributed by atoms with Crippen molar-refractivity contribution in [2.45, 2.75) is 4.90 Å². The highest BCUT2D eigenvalue weighted by Gasteiger charge is 2.10. The summed E-state index contributed by atoms with van der Waals surface area (Å²) >= 11 is 1.65. The largest absolute Gasteiger partial charge is 0.496 e. The third-order valence-corrected chi connectivity index (χ3v) is 3.44. The first kappa shape index (κ1) is 11.9. The molecular weight excluding hydrogens is 234 g/mol. The number of thioether (sulfide) groups is 1. The number of rotatable bonds is 3. The highest BCUT2D eigenvalue weighted by atomic mass is 32.2. The second-order valence-electron chi connectivity index (χ2n) is 3.64. The van der Waals surface area contributed by atoms with E-state index in [0.717, 1.165) is 21.8 Å². The van der Waals surface area contributed by atoms with Crippen LogP contribution in [0.2, 0.25) is 0 Å². The molecule has 0 fully saturated rings. The maximum absolute atomic E-state index is 5.96. The molecule has 4 nitrogen and oxygen atoms in total. The van der Waals surface area contributed by atoms with Crippen LogP contribution in [0.5, 0.6) is 5.75 Å². The number of methoxy groups -OCH3 is 1. The van der Waals surface area contributed by atoms with E-state index in [0.29, 0.717) is 5.82 Å². The second kappa shape index (κ2) is 4.71. The van der Waals surface area contributed by atoms with Gasteiger partial charge in [0.1, 0.15) is 11.6 Å². The van der Waals surface area contributed by atoms with Crippen molar-refractivity contribution < 1.29 is 4.74 Å². The zero-order valence-corrected chi connectivity index (χ0v) is 10.9. The lowest BCUT2D eigenvalue weighted by Crippen LogP contribution is -1.98. The van der Waals surface area contributed by atoms with Crippen molar-refractivity contribution >= 4 is 17.6 Å². The molecule has 0 atom stereocenters. The first-order valence-electron chi connectivity index (χ1n) is 5.17. The van der Waals surface area contributed by atoms with Crippen molar-refractivity contribution in [1.29, 1.82) is 0 Å². The number of nitrogens with zero attached hydrogens (tertiary/aromatic N) is 2. The van der Waals surface area contributed by atoms with Gasteiger partial charge in [0.2, 0.25) is 0 Å². The normalized spacial score (nSPS) is 10.5. The quantitative estimate of drug-likeness (QED) is 0.849. The van der Waals surface area contributed by atoms with Gasteiger partial charge in [-0.3, -0.25) is 4.68 Å². The van der Waals surface area contributed by atoms with Crippen LogP contribution in [0.4, 0.5) is 5.82 Å². The van der Waals surface area contributed by atoms with Crippen LogP contribution >= 0.6 is 11.8 Å². The summed E-state index contributed by atoms with van der Waals surface area (Å²) in [6.45, 7) is 0. The van der Waals surface area contributed by atoms with E-state index in [4.69, 9.17) is 10.5 Å². The van der Waals surface area contributed by atoms with Crippen LogP contribution in [0.3, 0.4) is 0 Å². The van der Waals surface area contributed by atoms with Gasteiger partial charge < -0.3 is 10.5 Å². The Bertz CT molecular complexity index is 537. The summed E-state index contributed by atoms with van der Waals surface area (Å²) in [7, 11) is 3.50. The van der Waals surface area contributed by atoms with E-state index in [1.165, 1.54) is 0 Å². The molecule has 0 unspecified atom stereocenters. The van der Waals surface area contributed by atoms with Gasteiger partial charge in [-0.2, -0.15) is 5.10 Å². The minimum absolute atomic E-state index is 0.669. The number of ether oxygens (including phenoxy) is 1. The predicted molar refractivity (Wildman–Crippen MR) is 71.4 cm³/mol. The number of hydrogen-bond donors (Lipinski definition) is 1. The fourth-order valence-electron chi connectivity index (χ4n) is 1.67. The zero-order valence-electron chi connectivity index (χ0n) is 10.1. The SMILES string of the molecule is COc1ccc(-c2cnn(C)c2N)cc1SC. The molecule has 0 saturated carbocycles. The Balaban J connectivity index is 2.50. The Morgan fingerprint density at radius 3 is 2.71 bits per heavy atom. The third-order valence-electron chi connectivity index (χ3n) is 2.68. The lowest BCUT2D eigenvalue weighted by Gasteiger charge is -2.08. The van der Waals surface area contributed by atoms with Gasteiger partial charge in [-0.25, -0.2) is 0 Å². The number of nitrogen functional groups attached to an aromatic ring is 1. The Kier molecular flexibility index (Phi) is 3.28. The monoisotopic (exact) mass is 249 g/mol. The summed E-state index contributed by atoms with van der Waals surface area (Å²) in [5.41, 5.74) is 7.96. The first-order chi connectivity index (χ1) is 8.17. The van der Waals surface area contributed by atoms with Gasteiger partial charge in [0, 0.05) is 17.5 Å². The lowest BCUT2D eigenvalue weighted by molar-refractivity contribution is 0.405. The van der Waals surface area contributed by atoms with Crippen LogP contribution in [0.25, 0.3) is 11.1 Å². The third kappa shape index (κ3) is 2.10. The number of aryl methyl sites for hydroxylation is 1. The van der Waals surface area contributed by atoms with E-state index < -0.39 is 0 Å². The van der Waals surface area contributed by atoms with Crippen LogP contribution in [0.1, 0.15) is 0 Å². The molecule has 0 aliphatic rings. The lowest BCUT2D eigenvalue weighted by atomic mass is 10.1. The maximum atomic E-state index is 5.96. The standard InChI is InChI=1S/C12H15N3OS/c1-15-12(13)9(7-14-15)8-4-5-10(16-2)11(6-8)17-3/h4-7H,13H2,1-3H3. The molecule has 1 aromatic heterocycles. The highest BCUT2D eigenvalue weighted by Crippen LogP contribution is 2.34. The van der Waals surface area contributed by atoms with Gasteiger partial charge in [-0.15, -0.1) is 11.8 Å². The van der Waals surface area contributed by atoms with E-state index in [2.05, 4.69) is 11.2 Å². The highest BCUT2D eigenvalue weighted by molar-refractivity contribution is 7.98. The number of aromatic nitrogens is 2. The Hall–Kier alpha value is -1.62. The van der Waals surface area contributed by atoms with Gasteiger partial charge in [0.25, 0.3) is 0 Å². The van der Waals surface area contributed by atoms with Crippen LogP contribution in [0, 0.1) is 0 Å². The van der Waals surface area contributed by atoms with E-state index in [-0.39, 0.29) is 0 Å². The van der Waals surface area contributed by atoms with Gasteiger partial charge in [0.15, 0.2) is 0 Å². The fraction of sp³-hybridized carbons (Fsp3) is 0.250. The molecule has 2 aromatic rings. The van der Waals surface area contributed by atoms with Crippen molar-refractivity contribution in [2.24, 2.45) is 7.05 Å². The fourth-order valence-corrected chi connectivity index (χ4v) is 2.27. The van der Waals surface area contributed by atoms with Gasteiger partial charge >= 0.3 is 0 Å². The summed E-state index contributed by atoms with van der Waals surface area (Å²) in [4.78, 5) is 1.09. The smallest absolute Gasteiger partial charge is 0.132 e. The zero-order chi connectivity index (χ0) is 12.4. The van der Waals surface area contributed by atoms with E-state index in [1.54, 1.807) is 29.8 Å². The van der Waals surface area contributed by atoms with Crippen molar-refractivity contribution in [3.8, 4) is 16.9 Å². The predicted octanol–water partition coefficient (Wildman–Crippen LogP) is 2.40. The van der Waals surface area contributed by atoms with Crippen molar-refractivity contribution in [2.75, 3.05) is 19.1 Å². The van der Waals surface area contributed by atoms with Crippen molar-refractivity contribution in [3.05, 3.63) is 24.4 Å². The number of benzene rings is 1. The Morgan fingerprint density at radius 1 is 1.41 bits per heavy atom. The molecule has 0 saturated heterocycles. The average Bonchev–Trinajstić information content (AvgIpc) is 2.69. The molecule has 0 aliphatic carbocycles. The molecule has 0 spiro atoms. The molecule has 0 amide bonds. The molecule has 5 heteroatoms. The van der Waals surface area contributed by atoms with E-state index in [9.17, 15) is 0 Å². The summed E-state index contributed by atoms with van der Waals surface area (Å²) in [6, 6.07) is 6.01. The van der Waals surface area contributed by atoms with Crippen LogP contribution in [-0.4, -0.2) is 23.1 Å². The molecule has 17 heavy (non-hydrogen) atoms. The Morgan fingerprint density at radius 2 is 2.18 bits per heavy atom. The average molecular weight is 249 g/mol. The Labute approximate surface area is 105 Å². The minimum Gasteiger partial charge on any atom is -0.496 e. The topological polar surface area (TPSA) is 53.1 Å². The van der Waals surface area contributed by atoms with Gasteiger partial charge in [-0.05, 0) is 24.0 Å². The van der Waals surface area contributed by atoms with Crippen LogP contribution < -0.4 is 10.5 Å². The molecule has 2 N–H and O–H groups in total. The van der Waals surface area contributed by atoms with Crippen LogP contribution in [0.15, 0.2) is 29.3 Å². The number of nitrogens with two attached hydrogens (primary N) is 1. The summed E-state index contributed by atoms with van der Waals surface area (Å²) in [5.74, 6) is 1.55. The molecule has 1 heterocycles. The number of hydrogen-bond acceptors (Lipinski definition) is 4. The minimum atomic E-state index is 0.669. The van der Waals surface area contributed by atoms with Gasteiger partial charge in [0.05, 0.1) is 13.3 Å². The molecular formula is C12H15N3OS.